The summed E-state index contributed by atoms with van der Waals surface area (Å²) in [7, 11) is 4.06. The van der Waals surface area contributed by atoms with Crippen LogP contribution in [0.4, 0.5) is 17.1 Å². The van der Waals surface area contributed by atoms with Crippen LogP contribution in [0.3, 0.4) is 0 Å². The number of fused-ring (bicyclic) bond motifs is 2. The molecule has 3 N–H and O–H groups in total. The highest BCUT2D eigenvalue weighted by atomic mass is 15.1. The van der Waals surface area contributed by atoms with E-state index in [1.807, 2.05) is 33.2 Å². The van der Waals surface area contributed by atoms with Crippen molar-refractivity contribution in [2.45, 2.75) is 13.0 Å². The first kappa shape index (κ1) is 11.8. The summed E-state index contributed by atoms with van der Waals surface area (Å²) in [4.78, 5) is 6.79. The highest BCUT2D eigenvalue weighted by molar-refractivity contribution is 6.08. The Morgan fingerprint density at radius 3 is 2.84 bits per heavy atom. The predicted molar refractivity (Wildman–Crippen MR) is 81.3 cm³/mol. The van der Waals surface area contributed by atoms with Crippen molar-refractivity contribution in [3.05, 3.63) is 41.6 Å². The third kappa shape index (κ3) is 1.99. The lowest BCUT2D eigenvalue weighted by Crippen LogP contribution is -2.32. The zero-order chi connectivity index (χ0) is 13.6. The molecule has 1 unspecified atom stereocenters. The van der Waals surface area contributed by atoms with Gasteiger partial charge in [-0.15, -0.1) is 0 Å². The molecule has 0 spiro atoms. The Morgan fingerprint density at radius 2 is 2.11 bits per heavy atom. The minimum atomic E-state index is 0.0774. The van der Waals surface area contributed by atoms with Crippen molar-refractivity contribution in [2.24, 2.45) is 10.7 Å². The Kier molecular flexibility index (Phi) is 2.59. The Labute approximate surface area is 113 Å². The van der Waals surface area contributed by atoms with E-state index in [4.69, 9.17) is 10.7 Å². The fourth-order valence-corrected chi connectivity index (χ4v) is 2.33. The van der Waals surface area contributed by atoms with Gasteiger partial charge >= 0.3 is 0 Å². The van der Waals surface area contributed by atoms with E-state index >= 15 is 0 Å². The molecule has 0 saturated carbocycles. The number of nitrogens with zero attached hydrogens (tertiary/aromatic N) is 2. The molecule has 0 radical (unpaired) electrons. The van der Waals surface area contributed by atoms with E-state index in [2.05, 4.69) is 28.4 Å². The normalized spacial score (nSPS) is 20.4. The molecule has 19 heavy (non-hydrogen) atoms. The van der Waals surface area contributed by atoms with Gasteiger partial charge in [-0.3, -0.25) is 0 Å². The maximum Gasteiger partial charge on any atom is 0.0893 e. The van der Waals surface area contributed by atoms with Gasteiger partial charge in [0.25, 0.3) is 0 Å². The van der Waals surface area contributed by atoms with Gasteiger partial charge in [0, 0.05) is 25.5 Å². The number of nitrogens with two attached hydrogens (primary N) is 1. The summed E-state index contributed by atoms with van der Waals surface area (Å²) in [5.74, 6) is 0. The molecule has 4 heteroatoms. The topological polar surface area (TPSA) is 53.6 Å². The van der Waals surface area contributed by atoms with Gasteiger partial charge in [0.15, 0.2) is 0 Å². The lowest BCUT2D eigenvalue weighted by molar-refractivity contribution is 1.07. The summed E-state index contributed by atoms with van der Waals surface area (Å²) in [5, 5.41) is 3.49. The van der Waals surface area contributed by atoms with E-state index < -0.39 is 0 Å². The molecular formula is C15H18N4. The van der Waals surface area contributed by atoms with E-state index in [0.717, 1.165) is 34.0 Å². The summed E-state index contributed by atoms with van der Waals surface area (Å²) in [6.45, 7) is 2.01. The average molecular weight is 254 g/mol. The van der Waals surface area contributed by atoms with Gasteiger partial charge in [0.05, 0.1) is 23.1 Å². The third-order valence-corrected chi connectivity index (χ3v) is 3.54. The molecule has 0 aromatic heterocycles. The minimum Gasteiger partial charge on any atom is -0.399 e. The summed E-state index contributed by atoms with van der Waals surface area (Å²) >= 11 is 0. The molecule has 98 valence electrons. The van der Waals surface area contributed by atoms with Gasteiger partial charge in [0.2, 0.25) is 0 Å². The van der Waals surface area contributed by atoms with Crippen LogP contribution < -0.4 is 16.0 Å². The largest absolute Gasteiger partial charge is 0.399 e. The zero-order valence-corrected chi connectivity index (χ0v) is 11.4. The molecule has 0 bridgehead atoms. The molecule has 2 aliphatic rings. The Balaban J connectivity index is 2.05. The highest BCUT2D eigenvalue weighted by Crippen LogP contribution is 2.35. The van der Waals surface area contributed by atoms with Crippen LogP contribution in [0.25, 0.3) is 0 Å². The van der Waals surface area contributed by atoms with E-state index in [1.54, 1.807) is 0 Å². The highest BCUT2D eigenvalue weighted by Gasteiger charge is 2.23. The lowest BCUT2D eigenvalue weighted by atomic mass is 9.97. The van der Waals surface area contributed by atoms with Crippen molar-refractivity contribution in [1.82, 2.24) is 0 Å². The average Bonchev–Trinajstić information content (AvgIpc) is 2.37. The third-order valence-electron chi connectivity index (χ3n) is 3.54. The number of rotatable bonds is 1. The first-order chi connectivity index (χ1) is 9.04. The molecule has 0 amide bonds. The van der Waals surface area contributed by atoms with Crippen molar-refractivity contribution in [2.75, 3.05) is 24.3 Å². The van der Waals surface area contributed by atoms with Crippen LogP contribution in [0.5, 0.6) is 0 Å². The zero-order valence-electron chi connectivity index (χ0n) is 11.4. The number of allylic oxidation sites excluding steroid dienone is 1. The van der Waals surface area contributed by atoms with Crippen LogP contribution in [0.1, 0.15) is 6.92 Å². The van der Waals surface area contributed by atoms with Crippen LogP contribution in [0, 0.1) is 0 Å². The maximum atomic E-state index is 5.97. The summed E-state index contributed by atoms with van der Waals surface area (Å²) in [5.41, 5.74) is 12.1. The van der Waals surface area contributed by atoms with Gasteiger partial charge in [-0.2, -0.15) is 0 Å². The Hall–Kier alpha value is -2.23. The number of hydrogen-bond acceptors (Lipinski definition) is 4. The molecule has 0 saturated heterocycles. The Bertz CT molecular complexity index is 623. The minimum absolute atomic E-state index is 0.0774. The van der Waals surface area contributed by atoms with Crippen LogP contribution in [-0.4, -0.2) is 25.8 Å². The lowest BCUT2D eigenvalue weighted by Gasteiger charge is -2.28. The second-order valence-corrected chi connectivity index (χ2v) is 5.20. The second-order valence-electron chi connectivity index (χ2n) is 5.20. The van der Waals surface area contributed by atoms with Crippen molar-refractivity contribution < 1.29 is 0 Å². The SMILES string of the molecule is CC1=CC2=Nc3ccc(N(C)C)cc3NC2C=C1N. The number of nitrogens with one attached hydrogen (secondary N) is 1. The van der Waals surface area contributed by atoms with Gasteiger partial charge < -0.3 is 16.0 Å². The molecule has 4 nitrogen and oxygen atoms in total. The second kappa shape index (κ2) is 4.16. The fraction of sp³-hybridized carbons (Fsp3) is 0.267. The quantitative estimate of drug-likeness (QED) is 0.809. The summed E-state index contributed by atoms with van der Waals surface area (Å²) in [6.07, 6.45) is 4.08. The smallest absolute Gasteiger partial charge is 0.0893 e. The van der Waals surface area contributed by atoms with Crippen molar-refractivity contribution >= 4 is 22.8 Å². The monoisotopic (exact) mass is 254 g/mol. The molecule has 0 fully saturated rings. The van der Waals surface area contributed by atoms with Crippen LogP contribution in [-0.2, 0) is 0 Å². The molecule has 1 heterocycles. The first-order valence-electron chi connectivity index (χ1n) is 6.37. The van der Waals surface area contributed by atoms with Crippen LogP contribution in [0.2, 0.25) is 0 Å². The van der Waals surface area contributed by atoms with Crippen LogP contribution >= 0.6 is 0 Å². The Morgan fingerprint density at radius 1 is 1.32 bits per heavy atom. The standard InChI is InChI=1S/C15H18N4/c1-9-6-13-15(8-11(9)16)18-14-7-10(19(2)3)4-5-12(14)17-13/h4-8,15,18H,16H2,1-3H3. The van der Waals surface area contributed by atoms with E-state index in [0.29, 0.717) is 0 Å². The van der Waals surface area contributed by atoms with E-state index in [9.17, 15) is 0 Å². The molecule has 1 aromatic carbocycles. The van der Waals surface area contributed by atoms with Crippen molar-refractivity contribution in [1.29, 1.82) is 0 Å². The summed E-state index contributed by atoms with van der Waals surface area (Å²) in [6, 6.07) is 6.32. The van der Waals surface area contributed by atoms with Crippen molar-refractivity contribution in [3.63, 3.8) is 0 Å². The van der Waals surface area contributed by atoms with Gasteiger partial charge in [-0.25, -0.2) is 4.99 Å². The molecule has 1 aliphatic heterocycles. The number of anilines is 2. The number of benzene rings is 1. The van der Waals surface area contributed by atoms with Gasteiger partial charge in [-0.1, -0.05) is 0 Å². The molecule has 1 aromatic rings. The van der Waals surface area contributed by atoms with Gasteiger partial charge in [-0.05, 0) is 42.8 Å². The predicted octanol–water partition coefficient (Wildman–Crippen LogP) is 2.42. The number of aliphatic imine (C=N–C) groups is 1. The summed E-state index contributed by atoms with van der Waals surface area (Å²) < 4.78 is 0. The molecule has 1 aliphatic carbocycles. The van der Waals surface area contributed by atoms with E-state index in [-0.39, 0.29) is 6.04 Å². The van der Waals surface area contributed by atoms with Crippen LogP contribution in [0.15, 0.2) is 46.6 Å². The molecule has 3 rings (SSSR count). The number of hydrogen-bond donors (Lipinski definition) is 2. The fourth-order valence-electron chi connectivity index (χ4n) is 2.33. The van der Waals surface area contributed by atoms with E-state index in [1.165, 1.54) is 0 Å². The maximum absolute atomic E-state index is 5.97. The molecule has 1 atom stereocenters. The van der Waals surface area contributed by atoms with Gasteiger partial charge in [0.1, 0.15) is 0 Å². The first-order valence-corrected chi connectivity index (χ1v) is 6.37. The molecular weight excluding hydrogens is 236 g/mol. The van der Waals surface area contributed by atoms with Crippen molar-refractivity contribution in [3.8, 4) is 0 Å².